The average molecular weight is 501 g/mol. The summed E-state index contributed by atoms with van der Waals surface area (Å²) in [6.45, 7) is 5.93. The maximum absolute atomic E-state index is 2.49. The molecule has 36 heavy (non-hydrogen) atoms. The van der Waals surface area contributed by atoms with Crippen molar-refractivity contribution >= 4 is 0 Å². The predicted molar refractivity (Wildman–Crippen MR) is 164 cm³/mol. The van der Waals surface area contributed by atoms with Gasteiger partial charge in [0.05, 0.1) is 20.6 Å². The minimum absolute atomic E-state index is 0.646. The van der Waals surface area contributed by atoms with Crippen LogP contribution in [0.25, 0.3) is 0 Å². The van der Waals surface area contributed by atoms with Crippen molar-refractivity contribution in [2.75, 3.05) is 20.6 Å². The van der Waals surface area contributed by atoms with Crippen LogP contribution in [0.15, 0.2) is 30.3 Å². The van der Waals surface area contributed by atoms with Gasteiger partial charge in [0.2, 0.25) is 0 Å². The quantitative estimate of drug-likeness (QED) is 0.0876. The van der Waals surface area contributed by atoms with Gasteiger partial charge in [0.1, 0.15) is 6.04 Å². The van der Waals surface area contributed by atoms with Gasteiger partial charge in [-0.1, -0.05) is 166 Å². The molecule has 210 valence electrons. The summed E-state index contributed by atoms with van der Waals surface area (Å²) in [5.41, 5.74) is 1.55. The molecule has 0 aliphatic carbocycles. The first-order valence-electron chi connectivity index (χ1n) is 16.5. The lowest BCUT2D eigenvalue weighted by Crippen LogP contribution is -2.44. The van der Waals surface area contributed by atoms with Crippen molar-refractivity contribution in [2.24, 2.45) is 0 Å². The molecule has 0 N–H and O–H groups in total. The zero-order valence-corrected chi connectivity index (χ0v) is 25.4. The minimum Gasteiger partial charge on any atom is -0.322 e. The lowest BCUT2D eigenvalue weighted by atomic mass is 9.96. The highest BCUT2D eigenvalue weighted by molar-refractivity contribution is 5.17. The van der Waals surface area contributed by atoms with Crippen molar-refractivity contribution in [1.82, 2.24) is 0 Å². The Labute approximate surface area is 228 Å². The van der Waals surface area contributed by atoms with Crippen LogP contribution in [0.2, 0.25) is 0 Å². The Morgan fingerprint density at radius 3 is 1.25 bits per heavy atom. The number of quaternary nitrogens is 1. The van der Waals surface area contributed by atoms with E-state index in [2.05, 4.69) is 58.3 Å². The number of hydrogen-bond donors (Lipinski definition) is 0. The number of benzene rings is 1. The Morgan fingerprint density at radius 1 is 0.472 bits per heavy atom. The highest BCUT2D eigenvalue weighted by Gasteiger charge is 2.28. The van der Waals surface area contributed by atoms with Gasteiger partial charge in [0.15, 0.2) is 0 Å². The van der Waals surface area contributed by atoms with Crippen LogP contribution in [0.1, 0.15) is 173 Å². The largest absolute Gasteiger partial charge is 0.322 e. The third-order valence-electron chi connectivity index (χ3n) is 8.45. The number of hydrogen-bond acceptors (Lipinski definition) is 0. The molecule has 0 heterocycles. The van der Waals surface area contributed by atoms with E-state index in [4.69, 9.17) is 0 Å². The molecule has 0 amide bonds. The summed E-state index contributed by atoms with van der Waals surface area (Å²) in [6.07, 6.45) is 32.8. The van der Waals surface area contributed by atoms with Crippen molar-refractivity contribution in [1.29, 1.82) is 0 Å². The van der Waals surface area contributed by atoms with Gasteiger partial charge in [0, 0.05) is 12.0 Å². The van der Waals surface area contributed by atoms with Crippen LogP contribution in [-0.4, -0.2) is 25.1 Å². The smallest absolute Gasteiger partial charge is 0.114 e. The molecule has 0 bridgehead atoms. The SMILES string of the molecule is CCCCCCCCCCCCCCC(c1ccccc1)[N+](C)(C)CCCCCCCCCCCC. The highest BCUT2D eigenvalue weighted by atomic mass is 15.3. The molecule has 1 aromatic rings. The topological polar surface area (TPSA) is 0 Å². The molecule has 0 aliphatic rings. The predicted octanol–water partition coefficient (Wildman–Crippen LogP) is 11.8. The molecular weight excluding hydrogens is 434 g/mol. The van der Waals surface area contributed by atoms with Crippen molar-refractivity contribution in [3.8, 4) is 0 Å². The molecule has 0 fully saturated rings. The molecule has 0 radical (unpaired) electrons. The molecule has 0 saturated heterocycles. The first kappa shape index (κ1) is 33.2. The fraction of sp³-hybridized carbons (Fsp3) is 0.829. The lowest BCUT2D eigenvalue weighted by Gasteiger charge is -2.39. The lowest BCUT2D eigenvalue weighted by molar-refractivity contribution is -0.921. The molecule has 1 atom stereocenters. The molecule has 1 nitrogen and oxygen atoms in total. The molecular formula is C35H66N+. The van der Waals surface area contributed by atoms with Gasteiger partial charge in [-0.2, -0.15) is 0 Å². The second-order valence-electron chi connectivity index (χ2n) is 12.3. The van der Waals surface area contributed by atoms with E-state index in [9.17, 15) is 0 Å². The van der Waals surface area contributed by atoms with Gasteiger partial charge in [0.25, 0.3) is 0 Å². The molecule has 0 aliphatic heterocycles. The number of unbranched alkanes of at least 4 members (excludes halogenated alkanes) is 20. The van der Waals surface area contributed by atoms with Crippen molar-refractivity contribution in [2.45, 2.75) is 168 Å². The second kappa shape index (κ2) is 23.3. The van der Waals surface area contributed by atoms with Crippen molar-refractivity contribution in [3.05, 3.63) is 35.9 Å². The van der Waals surface area contributed by atoms with Crippen LogP contribution in [0, 0.1) is 0 Å². The Morgan fingerprint density at radius 2 is 0.833 bits per heavy atom. The molecule has 0 saturated carbocycles. The van der Waals surface area contributed by atoms with E-state index in [1.165, 1.54) is 154 Å². The van der Waals surface area contributed by atoms with E-state index < -0.39 is 0 Å². The molecule has 0 spiro atoms. The third kappa shape index (κ3) is 17.6. The maximum atomic E-state index is 2.49. The summed E-state index contributed by atoms with van der Waals surface area (Å²) in [7, 11) is 4.98. The van der Waals surface area contributed by atoms with Gasteiger partial charge in [-0.25, -0.2) is 0 Å². The first-order valence-corrected chi connectivity index (χ1v) is 16.5. The zero-order valence-electron chi connectivity index (χ0n) is 25.4. The fourth-order valence-corrected chi connectivity index (χ4v) is 5.94. The first-order chi connectivity index (χ1) is 17.6. The number of rotatable bonds is 26. The minimum atomic E-state index is 0.646. The highest BCUT2D eigenvalue weighted by Crippen LogP contribution is 2.31. The Bertz CT molecular complexity index is 563. The molecule has 1 heteroatoms. The van der Waals surface area contributed by atoms with E-state index in [0.717, 1.165) is 4.48 Å². The number of nitrogens with zero attached hydrogens (tertiary/aromatic N) is 1. The summed E-state index contributed by atoms with van der Waals surface area (Å²) in [5, 5.41) is 0. The van der Waals surface area contributed by atoms with E-state index >= 15 is 0 Å². The van der Waals surface area contributed by atoms with Crippen LogP contribution < -0.4 is 0 Å². The van der Waals surface area contributed by atoms with Crippen LogP contribution in [0.5, 0.6) is 0 Å². The van der Waals surface area contributed by atoms with Gasteiger partial charge in [-0.05, 0) is 19.3 Å². The van der Waals surface area contributed by atoms with E-state index in [0.29, 0.717) is 6.04 Å². The third-order valence-corrected chi connectivity index (χ3v) is 8.45. The van der Waals surface area contributed by atoms with E-state index in [-0.39, 0.29) is 0 Å². The zero-order chi connectivity index (χ0) is 26.2. The summed E-state index contributed by atoms with van der Waals surface area (Å²) < 4.78 is 1.15. The summed E-state index contributed by atoms with van der Waals surface area (Å²) >= 11 is 0. The molecule has 0 aromatic heterocycles. The Hall–Kier alpha value is -0.820. The van der Waals surface area contributed by atoms with Gasteiger partial charge >= 0.3 is 0 Å². The molecule has 1 aromatic carbocycles. The Balaban J connectivity index is 2.24. The standard InChI is InChI=1S/C35H66N/c1-5-7-9-11-13-15-17-18-19-21-23-28-32-35(34-30-26-25-27-31-34)36(3,4)33-29-24-22-20-16-14-12-10-8-6-2/h25-27,30-31,35H,5-24,28-29,32-33H2,1-4H3/q+1. The van der Waals surface area contributed by atoms with E-state index in [1.54, 1.807) is 5.56 Å². The van der Waals surface area contributed by atoms with Gasteiger partial charge in [-0.15, -0.1) is 0 Å². The van der Waals surface area contributed by atoms with Crippen LogP contribution in [-0.2, 0) is 0 Å². The fourth-order valence-electron chi connectivity index (χ4n) is 5.94. The normalized spacial score (nSPS) is 12.8. The Kier molecular flexibility index (Phi) is 21.5. The van der Waals surface area contributed by atoms with Crippen LogP contribution in [0.4, 0.5) is 0 Å². The van der Waals surface area contributed by atoms with Crippen molar-refractivity contribution in [3.63, 3.8) is 0 Å². The maximum Gasteiger partial charge on any atom is 0.114 e. The summed E-state index contributed by atoms with van der Waals surface area (Å²) in [6, 6.07) is 12.1. The average Bonchev–Trinajstić information content (AvgIpc) is 2.88. The van der Waals surface area contributed by atoms with Gasteiger partial charge in [-0.3, -0.25) is 0 Å². The van der Waals surface area contributed by atoms with Crippen molar-refractivity contribution < 1.29 is 4.48 Å². The van der Waals surface area contributed by atoms with Gasteiger partial charge < -0.3 is 4.48 Å². The summed E-state index contributed by atoms with van der Waals surface area (Å²) in [5.74, 6) is 0. The second-order valence-corrected chi connectivity index (χ2v) is 12.3. The summed E-state index contributed by atoms with van der Waals surface area (Å²) in [4.78, 5) is 0. The van der Waals surface area contributed by atoms with Crippen LogP contribution >= 0.6 is 0 Å². The molecule has 1 unspecified atom stereocenters. The van der Waals surface area contributed by atoms with Crippen LogP contribution in [0.3, 0.4) is 0 Å². The monoisotopic (exact) mass is 501 g/mol. The van der Waals surface area contributed by atoms with E-state index in [1.807, 2.05) is 0 Å². The molecule has 1 rings (SSSR count).